The molecule has 2 amide bonds. The molecule has 7 rings (SSSR count). The van der Waals surface area contributed by atoms with Crippen molar-refractivity contribution in [2.75, 3.05) is 28.6 Å². The number of carbonyl (C=O) groups excluding carboxylic acids is 2. The van der Waals surface area contributed by atoms with Gasteiger partial charge in [-0.25, -0.2) is 9.97 Å². The molecule has 0 bridgehead atoms. The summed E-state index contributed by atoms with van der Waals surface area (Å²) in [7, 11) is 1.89. The summed E-state index contributed by atoms with van der Waals surface area (Å²) in [6, 6.07) is 13.4. The Morgan fingerprint density at radius 1 is 1.11 bits per heavy atom. The molecule has 224 valence electrons. The van der Waals surface area contributed by atoms with Crippen LogP contribution in [0.3, 0.4) is 0 Å². The van der Waals surface area contributed by atoms with Crippen LogP contribution in [0, 0.1) is 19.3 Å². The maximum Gasteiger partial charge on any atom is 0.259 e. The van der Waals surface area contributed by atoms with Crippen molar-refractivity contribution in [3.63, 3.8) is 0 Å². The first-order valence-corrected chi connectivity index (χ1v) is 14.9. The zero-order chi connectivity index (χ0) is 30.6. The third kappa shape index (κ3) is 4.69. The quantitative estimate of drug-likeness (QED) is 0.214. The maximum atomic E-state index is 13.8. The Bertz CT molecular complexity index is 1910. The Labute approximate surface area is 255 Å². The number of amides is 2. The molecule has 0 radical (unpaired) electrons. The van der Waals surface area contributed by atoms with Gasteiger partial charge in [0.15, 0.2) is 5.82 Å². The van der Waals surface area contributed by atoms with E-state index >= 15 is 0 Å². The Morgan fingerprint density at radius 3 is 2.73 bits per heavy atom. The lowest BCUT2D eigenvalue weighted by Gasteiger charge is -2.32. The average molecular weight is 590 g/mol. The molecular weight excluding hydrogens is 554 g/mol. The summed E-state index contributed by atoms with van der Waals surface area (Å²) in [5.74, 6) is 1.01. The molecule has 1 unspecified atom stereocenters. The normalized spacial score (nSPS) is 18.1. The number of H-pyrrole nitrogens is 1. The van der Waals surface area contributed by atoms with Crippen molar-refractivity contribution in [2.45, 2.75) is 40.2 Å². The Kier molecular flexibility index (Phi) is 6.69. The molecule has 1 saturated heterocycles. The van der Waals surface area contributed by atoms with Gasteiger partial charge in [0, 0.05) is 65.5 Å². The van der Waals surface area contributed by atoms with Crippen molar-refractivity contribution in [1.82, 2.24) is 30.0 Å². The van der Waals surface area contributed by atoms with Crippen molar-refractivity contribution in [1.29, 1.82) is 0 Å². The predicted octanol–water partition coefficient (Wildman–Crippen LogP) is 5.21. The number of para-hydroxylation sites is 1. The molecule has 11 nitrogen and oxygen atoms in total. The number of benzene rings is 2. The topological polar surface area (TPSA) is 133 Å². The fourth-order valence-electron chi connectivity index (χ4n) is 6.24. The third-order valence-electron chi connectivity index (χ3n) is 8.93. The first-order chi connectivity index (χ1) is 21.2. The van der Waals surface area contributed by atoms with E-state index in [-0.39, 0.29) is 11.8 Å². The fraction of sp³-hybridized carbons (Fsp3) is 0.303. The minimum absolute atomic E-state index is 0.0210. The van der Waals surface area contributed by atoms with Crippen LogP contribution in [-0.4, -0.2) is 49.6 Å². The van der Waals surface area contributed by atoms with Gasteiger partial charge in [-0.1, -0.05) is 18.2 Å². The highest BCUT2D eigenvalue weighted by Crippen LogP contribution is 2.39. The van der Waals surface area contributed by atoms with E-state index in [0.717, 1.165) is 64.1 Å². The molecule has 5 heterocycles. The molecule has 2 aliphatic rings. The molecule has 4 N–H and O–H groups in total. The summed E-state index contributed by atoms with van der Waals surface area (Å²) in [6.45, 7) is 7.89. The number of fused-ring (bicyclic) bond motifs is 2. The molecule has 0 aliphatic carbocycles. The number of carbonyl (C=O) groups is 2. The number of aromatic nitrogens is 5. The molecule has 1 fully saturated rings. The van der Waals surface area contributed by atoms with Gasteiger partial charge in [-0.15, -0.1) is 0 Å². The summed E-state index contributed by atoms with van der Waals surface area (Å²) >= 11 is 0. The predicted molar refractivity (Wildman–Crippen MR) is 171 cm³/mol. The van der Waals surface area contributed by atoms with Crippen LogP contribution in [0.1, 0.15) is 46.9 Å². The molecule has 11 heteroatoms. The van der Waals surface area contributed by atoms with Gasteiger partial charge in [0.05, 0.1) is 28.9 Å². The van der Waals surface area contributed by atoms with Crippen LogP contribution in [-0.2, 0) is 18.4 Å². The van der Waals surface area contributed by atoms with E-state index in [1.165, 1.54) is 0 Å². The molecule has 2 aliphatic heterocycles. The number of aryl methyl sites for hydroxylation is 3. The van der Waals surface area contributed by atoms with Gasteiger partial charge in [0.1, 0.15) is 0 Å². The van der Waals surface area contributed by atoms with E-state index < -0.39 is 5.41 Å². The van der Waals surface area contributed by atoms with Crippen LogP contribution in [0.25, 0.3) is 22.2 Å². The second-order valence-corrected chi connectivity index (χ2v) is 12.1. The number of rotatable bonds is 6. The second-order valence-electron chi connectivity index (χ2n) is 12.1. The number of nitrogens with one attached hydrogen (secondary N) is 4. The van der Waals surface area contributed by atoms with Crippen molar-refractivity contribution in [2.24, 2.45) is 12.5 Å². The summed E-state index contributed by atoms with van der Waals surface area (Å²) in [5, 5.41) is 15.1. The van der Waals surface area contributed by atoms with E-state index in [1.54, 1.807) is 15.8 Å². The molecule has 2 aromatic carbocycles. The first-order valence-electron chi connectivity index (χ1n) is 14.9. The van der Waals surface area contributed by atoms with Crippen LogP contribution >= 0.6 is 0 Å². The standard InChI is InChI=1S/C33H35N9O2/c1-19-15-36-32(38-27-14-20(2)41(4)40-27)39-28(19)23-16-35-29-21(23)8-6-11-26(29)42-17-24-22(30(42)43)9-5-10-25(24)37-31(44)33(3)12-7-13-34-18-33/h5-6,8-11,14-16,34-35H,7,12-13,17-18H2,1-4H3,(H,37,44)(H,36,38,39,40). The summed E-state index contributed by atoms with van der Waals surface area (Å²) in [4.78, 5) is 41.6. The van der Waals surface area contributed by atoms with Gasteiger partial charge < -0.3 is 25.8 Å². The van der Waals surface area contributed by atoms with Crippen LogP contribution in [0.2, 0.25) is 0 Å². The summed E-state index contributed by atoms with van der Waals surface area (Å²) in [6.07, 6.45) is 5.51. The fourth-order valence-corrected chi connectivity index (χ4v) is 6.24. The number of piperidine rings is 1. The van der Waals surface area contributed by atoms with E-state index in [0.29, 0.717) is 36.1 Å². The molecular formula is C33H35N9O2. The van der Waals surface area contributed by atoms with Gasteiger partial charge >= 0.3 is 0 Å². The number of aromatic amines is 1. The Balaban J connectivity index is 1.19. The molecule has 5 aromatic rings. The Morgan fingerprint density at radius 2 is 1.95 bits per heavy atom. The first kappa shape index (κ1) is 27.8. The molecule has 0 saturated carbocycles. The zero-order valence-electron chi connectivity index (χ0n) is 25.3. The summed E-state index contributed by atoms with van der Waals surface area (Å²) in [5.41, 5.74) is 6.87. The van der Waals surface area contributed by atoms with Gasteiger partial charge in [-0.3, -0.25) is 14.3 Å². The number of nitrogens with zero attached hydrogens (tertiary/aromatic N) is 5. The van der Waals surface area contributed by atoms with Crippen molar-refractivity contribution in [3.8, 4) is 11.3 Å². The van der Waals surface area contributed by atoms with Gasteiger partial charge in [-0.2, -0.15) is 5.10 Å². The van der Waals surface area contributed by atoms with Gasteiger partial charge in [-0.05, 0) is 63.9 Å². The van der Waals surface area contributed by atoms with E-state index in [1.807, 2.05) is 76.5 Å². The lowest BCUT2D eigenvalue weighted by Crippen LogP contribution is -2.46. The smallest absolute Gasteiger partial charge is 0.259 e. The van der Waals surface area contributed by atoms with E-state index in [9.17, 15) is 9.59 Å². The van der Waals surface area contributed by atoms with Gasteiger partial charge in [0.25, 0.3) is 5.91 Å². The molecule has 0 spiro atoms. The van der Waals surface area contributed by atoms with Crippen LogP contribution in [0.15, 0.2) is 54.9 Å². The molecule has 3 aromatic heterocycles. The van der Waals surface area contributed by atoms with E-state index in [2.05, 4.69) is 31.0 Å². The minimum atomic E-state index is -0.486. The van der Waals surface area contributed by atoms with Crippen LogP contribution < -0.4 is 20.9 Å². The lowest BCUT2D eigenvalue weighted by atomic mass is 9.82. The highest BCUT2D eigenvalue weighted by Gasteiger charge is 2.37. The maximum absolute atomic E-state index is 13.8. The van der Waals surface area contributed by atoms with Crippen molar-refractivity contribution < 1.29 is 9.59 Å². The van der Waals surface area contributed by atoms with E-state index in [4.69, 9.17) is 4.98 Å². The Hall–Kier alpha value is -5.03. The van der Waals surface area contributed by atoms with Crippen LogP contribution in [0.4, 0.5) is 23.1 Å². The second kappa shape index (κ2) is 10.6. The number of anilines is 4. The third-order valence-corrected chi connectivity index (χ3v) is 8.93. The van der Waals surface area contributed by atoms with Crippen molar-refractivity contribution >= 4 is 45.9 Å². The SMILES string of the molecule is Cc1cnc(Nc2cc(C)n(C)n2)nc1-c1c[nH]c2c(N3Cc4c(NC(=O)C5(C)CCCNC5)cccc4C3=O)cccc12. The van der Waals surface area contributed by atoms with Gasteiger partial charge in [0.2, 0.25) is 11.9 Å². The largest absolute Gasteiger partial charge is 0.359 e. The highest BCUT2D eigenvalue weighted by atomic mass is 16.2. The lowest BCUT2D eigenvalue weighted by molar-refractivity contribution is -0.125. The number of hydrogen-bond acceptors (Lipinski definition) is 7. The average Bonchev–Trinajstić information content (AvgIpc) is 3.69. The molecule has 1 atom stereocenters. The minimum Gasteiger partial charge on any atom is -0.359 e. The monoisotopic (exact) mass is 589 g/mol. The molecule has 44 heavy (non-hydrogen) atoms. The highest BCUT2D eigenvalue weighted by molar-refractivity contribution is 6.15. The van der Waals surface area contributed by atoms with Crippen LogP contribution in [0.5, 0.6) is 0 Å². The number of hydrogen-bond donors (Lipinski definition) is 4. The zero-order valence-corrected chi connectivity index (χ0v) is 25.3. The van der Waals surface area contributed by atoms with Crippen molar-refractivity contribution in [3.05, 3.63) is 77.2 Å². The summed E-state index contributed by atoms with van der Waals surface area (Å²) < 4.78 is 1.79.